The second-order valence-corrected chi connectivity index (χ2v) is 4.73. The largest absolute Gasteiger partial charge is 2.00 e. The van der Waals surface area contributed by atoms with Crippen LogP contribution >= 0.6 is 0 Å². The van der Waals surface area contributed by atoms with Gasteiger partial charge in [0.1, 0.15) is 0 Å². The summed E-state index contributed by atoms with van der Waals surface area (Å²) in [4.78, 5) is 0. The average molecular weight is 320 g/mol. The fourth-order valence-electron chi connectivity index (χ4n) is 2.48. The van der Waals surface area contributed by atoms with Gasteiger partial charge in [-0.15, -0.1) is 45.5 Å². The van der Waals surface area contributed by atoms with Gasteiger partial charge in [0.25, 0.3) is 0 Å². The first-order valence-electron chi connectivity index (χ1n) is 5.82. The Labute approximate surface area is 138 Å². The van der Waals surface area contributed by atoms with E-state index in [1.165, 1.54) is 32.7 Å². The molecule has 0 heterocycles. The molecule has 0 spiro atoms. The number of rotatable bonds is 0. The zero-order chi connectivity index (χ0) is 12.0. The molecule has 3 aromatic carbocycles. The molecule has 0 unspecified atom stereocenters. The van der Waals surface area contributed by atoms with E-state index < -0.39 is 0 Å². The van der Waals surface area contributed by atoms with Gasteiger partial charge in [-0.1, -0.05) is 37.4 Å². The number of aryl methyl sites for hydroxylation is 2. The van der Waals surface area contributed by atoms with Crippen LogP contribution in [0, 0.1) is 26.8 Å². The van der Waals surface area contributed by atoms with E-state index in [0.29, 0.717) is 0 Å². The molecular formula is C17H14V2. The van der Waals surface area contributed by atoms with Crippen molar-refractivity contribution in [3.63, 3.8) is 0 Å². The quantitative estimate of drug-likeness (QED) is 0.420. The van der Waals surface area contributed by atoms with Crippen molar-refractivity contribution in [1.82, 2.24) is 0 Å². The van der Waals surface area contributed by atoms with Crippen molar-refractivity contribution < 1.29 is 37.1 Å². The van der Waals surface area contributed by atoms with Crippen LogP contribution in [0.4, 0.5) is 0 Å². The van der Waals surface area contributed by atoms with Gasteiger partial charge in [0.05, 0.1) is 0 Å². The summed E-state index contributed by atoms with van der Waals surface area (Å²) >= 11 is 0. The average Bonchev–Trinajstić information content (AvgIpc) is 2.28. The standard InChI is InChI=1S/C17H14.2V/c1-11-4-7-16-14(9-11)5-6-15-10-12(2)8-13(3)17(15)16;;/h4-6,8-10H,3H2,1-2H3;;/q-2;;+2. The number of benzene rings is 3. The van der Waals surface area contributed by atoms with E-state index in [0.717, 1.165) is 5.56 Å². The van der Waals surface area contributed by atoms with Crippen LogP contribution in [-0.2, 0) is 37.1 Å². The van der Waals surface area contributed by atoms with E-state index in [1.54, 1.807) is 0 Å². The van der Waals surface area contributed by atoms with E-state index in [-0.39, 0.29) is 37.1 Å². The fraction of sp³-hybridized carbons (Fsp3) is 0.118. The molecule has 0 saturated heterocycles. The minimum absolute atomic E-state index is 0. The molecule has 2 heteroatoms. The number of hydrogen-bond donors (Lipinski definition) is 0. The smallest absolute Gasteiger partial charge is 0.195 e. The first kappa shape index (κ1) is 16.3. The first-order valence-corrected chi connectivity index (χ1v) is 5.82. The predicted molar refractivity (Wildman–Crippen MR) is 74.2 cm³/mol. The molecule has 0 N–H and O–H groups in total. The van der Waals surface area contributed by atoms with Crippen molar-refractivity contribution in [1.29, 1.82) is 0 Å². The van der Waals surface area contributed by atoms with Crippen molar-refractivity contribution in [3.8, 4) is 0 Å². The molecular weight excluding hydrogens is 306 g/mol. The third-order valence-electron chi connectivity index (χ3n) is 3.20. The van der Waals surface area contributed by atoms with Gasteiger partial charge >= 0.3 is 18.6 Å². The summed E-state index contributed by atoms with van der Waals surface area (Å²) in [5, 5.41) is 4.90. The second kappa shape index (κ2) is 6.11. The van der Waals surface area contributed by atoms with Gasteiger partial charge in [0.2, 0.25) is 0 Å². The molecule has 0 aliphatic rings. The molecule has 3 rings (SSSR count). The molecule has 0 bridgehead atoms. The molecule has 0 aliphatic carbocycles. The van der Waals surface area contributed by atoms with Crippen LogP contribution in [0.15, 0.2) is 36.4 Å². The van der Waals surface area contributed by atoms with Crippen molar-refractivity contribution in [3.05, 3.63) is 66.1 Å². The van der Waals surface area contributed by atoms with Crippen LogP contribution in [0.2, 0.25) is 0 Å². The zero-order valence-electron chi connectivity index (χ0n) is 11.1. The molecule has 0 aromatic heterocycles. The topological polar surface area (TPSA) is 0 Å². The summed E-state index contributed by atoms with van der Waals surface area (Å²) in [6, 6.07) is 16.3. The maximum Gasteiger partial charge on any atom is 2.00 e. The molecule has 19 heavy (non-hydrogen) atoms. The van der Waals surface area contributed by atoms with E-state index in [4.69, 9.17) is 0 Å². The van der Waals surface area contributed by atoms with Crippen LogP contribution in [0.3, 0.4) is 0 Å². The predicted octanol–water partition coefficient (Wildman–Crippen LogP) is 4.59. The molecule has 0 aliphatic heterocycles. The maximum atomic E-state index is 4.16. The maximum absolute atomic E-state index is 4.16. The Kier molecular flexibility index (Phi) is 5.24. The zero-order valence-corrected chi connectivity index (χ0v) is 13.9. The fourth-order valence-corrected chi connectivity index (χ4v) is 2.48. The molecule has 0 amide bonds. The summed E-state index contributed by atoms with van der Waals surface area (Å²) in [6.07, 6.45) is 0. The summed E-state index contributed by atoms with van der Waals surface area (Å²) in [5.74, 6) is 0. The van der Waals surface area contributed by atoms with E-state index in [2.05, 4.69) is 57.2 Å². The summed E-state index contributed by atoms with van der Waals surface area (Å²) < 4.78 is 0. The summed E-state index contributed by atoms with van der Waals surface area (Å²) in [6.45, 7) is 8.37. The van der Waals surface area contributed by atoms with Gasteiger partial charge in [-0.05, 0) is 0 Å². The minimum Gasteiger partial charge on any atom is -0.195 e. The van der Waals surface area contributed by atoms with Crippen molar-refractivity contribution in [2.24, 2.45) is 0 Å². The Morgan fingerprint density at radius 1 is 0.947 bits per heavy atom. The monoisotopic (exact) mass is 320 g/mol. The first-order chi connectivity index (χ1) is 8.15. The van der Waals surface area contributed by atoms with Crippen LogP contribution in [0.5, 0.6) is 0 Å². The van der Waals surface area contributed by atoms with Crippen LogP contribution < -0.4 is 0 Å². The molecule has 0 atom stereocenters. The van der Waals surface area contributed by atoms with Gasteiger partial charge in [-0.2, -0.15) is 18.6 Å². The second-order valence-electron chi connectivity index (χ2n) is 4.73. The molecule has 0 fully saturated rings. The Bertz CT molecular complexity index is 730. The number of fused-ring (bicyclic) bond motifs is 3. The SMILES string of the molecule is [CH2-]c1cc(C)cc2ccc3cc(C)c[c-]c3c12.[V+2].[V]. The number of hydrogen-bond acceptors (Lipinski definition) is 0. The van der Waals surface area contributed by atoms with E-state index >= 15 is 0 Å². The molecule has 0 nitrogen and oxygen atoms in total. The molecule has 92 valence electrons. The van der Waals surface area contributed by atoms with E-state index in [1.807, 2.05) is 6.07 Å². The van der Waals surface area contributed by atoms with Crippen LogP contribution in [0.25, 0.3) is 21.5 Å². The van der Waals surface area contributed by atoms with Gasteiger partial charge in [-0.25, -0.2) is 0 Å². The van der Waals surface area contributed by atoms with E-state index in [9.17, 15) is 0 Å². The van der Waals surface area contributed by atoms with Gasteiger partial charge < -0.3 is 0 Å². The summed E-state index contributed by atoms with van der Waals surface area (Å²) in [7, 11) is 0. The Morgan fingerprint density at radius 2 is 1.58 bits per heavy atom. The van der Waals surface area contributed by atoms with Crippen molar-refractivity contribution in [2.45, 2.75) is 13.8 Å². The van der Waals surface area contributed by atoms with Crippen molar-refractivity contribution >= 4 is 21.5 Å². The van der Waals surface area contributed by atoms with Crippen LogP contribution in [0.1, 0.15) is 16.7 Å². The van der Waals surface area contributed by atoms with Gasteiger partial charge in [-0.3, -0.25) is 0 Å². The Morgan fingerprint density at radius 3 is 2.32 bits per heavy atom. The third-order valence-corrected chi connectivity index (χ3v) is 3.20. The molecule has 2 radical (unpaired) electrons. The third kappa shape index (κ3) is 2.88. The van der Waals surface area contributed by atoms with Gasteiger partial charge in [0, 0.05) is 18.6 Å². The minimum atomic E-state index is 0. The van der Waals surface area contributed by atoms with Gasteiger partial charge in [0.15, 0.2) is 0 Å². The summed E-state index contributed by atoms with van der Waals surface area (Å²) in [5.41, 5.74) is 3.59. The molecule has 0 saturated carbocycles. The molecule has 3 aromatic rings. The normalized spacial score (nSPS) is 10.0. The van der Waals surface area contributed by atoms with Crippen LogP contribution in [-0.4, -0.2) is 0 Å². The Balaban J connectivity index is 0.000000902. The Hall–Kier alpha value is -0.781. The van der Waals surface area contributed by atoms with Crippen molar-refractivity contribution in [2.75, 3.05) is 0 Å².